The number of halogens is 3. The Hall–Kier alpha value is -1.52. The molecule has 3 rings (SSSR count). The van der Waals surface area contributed by atoms with Crippen LogP contribution >= 0.6 is 0 Å². The summed E-state index contributed by atoms with van der Waals surface area (Å²) in [6.07, 6.45) is 1.21. The topological polar surface area (TPSA) is 29.1 Å². The van der Waals surface area contributed by atoms with Crippen LogP contribution in [0.3, 0.4) is 0 Å². The largest absolute Gasteiger partial charge is 0.416 e. The lowest BCUT2D eigenvalue weighted by atomic mass is 9.86. The van der Waals surface area contributed by atoms with Crippen molar-refractivity contribution in [3.8, 4) is 0 Å². The highest BCUT2D eigenvalue weighted by atomic mass is 19.4. The van der Waals surface area contributed by atoms with E-state index in [2.05, 4.69) is 5.32 Å². The van der Waals surface area contributed by atoms with Crippen LogP contribution in [0.25, 0.3) is 0 Å². The molecule has 0 spiro atoms. The fourth-order valence-electron chi connectivity index (χ4n) is 4.21. The van der Waals surface area contributed by atoms with Crippen molar-refractivity contribution >= 4 is 5.91 Å². The van der Waals surface area contributed by atoms with Gasteiger partial charge in [0.2, 0.25) is 5.91 Å². The van der Waals surface area contributed by atoms with Crippen LogP contribution in [0.1, 0.15) is 56.2 Å². The summed E-state index contributed by atoms with van der Waals surface area (Å²) in [6, 6.07) is 4.72. The summed E-state index contributed by atoms with van der Waals surface area (Å²) in [5, 5.41) is 2.92. The number of hydrogen-bond donors (Lipinski definition) is 1. The van der Waals surface area contributed by atoms with Gasteiger partial charge in [0, 0.05) is 6.42 Å². The van der Waals surface area contributed by atoms with Gasteiger partial charge in [-0.25, -0.2) is 0 Å². The van der Waals surface area contributed by atoms with E-state index >= 15 is 0 Å². The molecule has 2 fully saturated rings. The second-order valence-electron chi connectivity index (χ2n) is 7.05. The number of hydrogen-bond acceptors (Lipinski definition) is 1. The number of carbonyl (C=O) groups excluding carboxylic acids is 1. The van der Waals surface area contributed by atoms with E-state index in [1.807, 2.05) is 0 Å². The van der Waals surface area contributed by atoms with E-state index in [1.54, 1.807) is 6.92 Å². The summed E-state index contributed by atoms with van der Waals surface area (Å²) in [5.74, 6) is 2.01. The molecule has 0 radical (unpaired) electrons. The van der Waals surface area contributed by atoms with Gasteiger partial charge in [0.1, 0.15) is 0 Å². The maximum absolute atomic E-state index is 12.6. The van der Waals surface area contributed by atoms with Crippen molar-refractivity contribution in [3.05, 3.63) is 35.4 Å². The smallest absolute Gasteiger partial charge is 0.350 e. The minimum Gasteiger partial charge on any atom is -0.350 e. The number of rotatable bonds is 4. The Bertz CT molecular complexity index is 567. The molecule has 0 aliphatic heterocycles. The second-order valence-corrected chi connectivity index (χ2v) is 7.05. The fourth-order valence-corrected chi connectivity index (χ4v) is 4.21. The molecule has 5 heteroatoms. The molecular formula is C18H22F3NO. The van der Waals surface area contributed by atoms with Crippen LogP contribution in [0.4, 0.5) is 13.2 Å². The van der Waals surface area contributed by atoms with E-state index in [1.165, 1.54) is 31.4 Å². The van der Waals surface area contributed by atoms with E-state index in [0.717, 1.165) is 24.5 Å². The predicted molar refractivity (Wildman–Crippen MR) is 81.6 cm³/mol. The van der Waals surface area contributed by atoms with Gasteiger partial charge in [0.15, 0.2) is 0 Å². The first-order valence-corrected chi connectivity index (χ1v) is 8.29. The summed E-state index contributed by atoms with van der Waals surface area (Å²) < 4.78 is 37.7. The van der Waals surface area contributed by atoms with E-state index in [-0.39, 0.29) is 11.9 Å². The molecule has 2 saturated carbocycles. The van der Waals surface area contributed by atoms with Crippen LogP contribution in [0.15, 0.2) is 24.3 Å². The Morgan fingerprint density at radius 3 is 2.43 bits per heavy atom. The zero-order valence-electron chi connectivity index (χ0n) is 13.2. The maximum Gasteiger partial charge on any atom is 0.416 e. The molecule has 1 aromatic carbocycles. The molecule has 4 atom stereocenters. The van der Waals surface area contributed by atoms with Gasteiger partial charge in [0.25, 0.3) is 0 Å². The van der Waals surface area contributed by atoms with Gasteiger partial charge < -0.3 is 5.32 Å². The Balaban J connectivity index is 1.54. The summed E-state index contributed by atoms with van der Waals surface area (Å²) >= 11 is 0. The lowest BCUT2D eigenvalue weighted by Gasteiger charge is -2.22. The van der Waals surface area contributed by atoms with E-state index in [4.69, 9.17) is 0 Å². The maximum atomic E-state index is 12.6. The highest BCUT2D eigenvalue weighted by molar-refractivity contribution is 5.76. The lowest BCUT2D eigenvalue weighted by Crippen LogP contribution is -2.29. The standard InChI is InChI=1S/C18H22F3NO/c1-11(13-4-6-16(7-5-13)18(19,20)21)22-17(23)10-15-9-12-2-3-14(15)8-12/h4-7,11-12,14-15H,2-3,8-10H2,1H3,(H,22,23). The SMILES string of the molecule is CC(NC(=O)CC1CC2CCC1C2)c1ccc(C(F)(F)F)cc1. The Kier molecular flexibility index (Phi) is 4.39. The summed E-state index contributed by atoms with van der Waals surface area (Å²) in [7, 11) is 0. The van der Waals surface area contributed by atoms with Gasteiger partial charge >= 0.3 is 6.18 Å². The fraction of sp³-hybridized carbons (Fsp3) is 0.611. The van der Waals surface area contributed by atoms with Crippen LogP contribution in [-0.4, -0.2) is 5.91 Å². The van der Waals surface area contributed by atoms with Crippen LogP contribution in [0.5, 0.6) is 0 Å². The van der Waals surface area contributed by atoms with Gasteiger partial charge in [-0.2, -0.15) is 13.2 Å². The third-order valence-electron chi connectivity index (χ3n) is 5.45. The van der Waals surface area contributed by atoms with Crippen molar-refractivity contribution in [2.75, 3.05) is 0 Å². The molecule has 2 aliphatic rings. The van der Waals surface area contributed by atoms with Crippen LogP contribution < -0.4 is 5.32 Å². The zero-order valence-corrected chi connectivity index (χ0v) is 13.2. The molecule has 126 valence electrons. The molecule has 23 heavy (non-hydrogen) atoms. The molecule has 1 N–H and O–H groups in total. The van der Waals surface area contributed by atoms with Gasteiger partial charge in [-0.15, -0.1) is 0 Å². The van der Waals surface area contributed by atoms with Crippen molar-refractivity contribution in [1.29, 1.82) is 0 Å². The third kappa shape index (κ3) is 3.70. The Morgan fingerprint density at radius 1 is 1.22 bits per heavy atom. The summed E-state index contributed by atoms with van der Waals surface area (Å²) in [6.45, 7) is 1.81. The van der Waals surface area contributed by atoms with Crippen LogP contribution in [0.2, 0.25) is 0 Å². The first-order valence-electron chi connectivity index (χ1n) is 8.29. The number of alkyl halides is 3. The summed E-state index contributed by atoms with van der Waals surface area (Å²) in [4.78, 5) is 12.2. The quantitative estimate of drug-likeness (QED) is 0.853. The van der Waals surface area contributed by atoms with Crippen molar-refractivity contribution < 1.29 is 18.0 Å². The normalized spacial score (nSPS) is 27.9. The lowest BCUT2D eigenvalue weighted by molar-refractivity contribution is -0.137. The molecule has 2 aliphatic carbocycles. The molecule has 4 unspecified atom stereocenters. The number of amides is 1. The molecule has 1 amide bonds. The number of benzene rings is 1. The molecule has 2 nitrogen and oxygen atoms in total. The van der Waals surface area contributed by atoms with Crippen LogP contribution in [-0.2, 0) is 11.0 Å². The van der Waals surface area contributed by atoms with E-state index < -0.39 is 11.7 Å². The first kappa shape index (κ1) is 16.3. The van der Waals surface area contributed by atoms with Crippen LogP contribution in [0, 0.1) is 17.8 Å². The van der Waals surface area contributed by atoms with Gasteiger partial charge in [0.05, 0.1) is 11.6 Å². The molecule has 1 aromatic rings. The van der Waals surface area contributed by atoms with Gasteiger partial charge in [-0.1, -0.05) is 18.6 Å². The van der Waals surface area contributed by atoms with Gasteiger partial charge in [-0.3, -0.25) is 4.79 Å². The average Bonchev–Trinajstić information content (AvgIpc) is 3.09. The third-order valence-corrected chi connectivity index (χ3v) is 5.45. The number of carbonyl (C=O) groups is 1. The number of nitrogens with one attached hydrogen (secondary N) is 1. The van der Waals surface area contributed by atoms with Crippen molar-refractivity contribution in [1.82, 2.24) is 5.32 Å². The Labute approximate surface area is 134 Å². The minimum atomic E-state index is -4.33. The van der Waals surface area contributed by atoms with Crippen molar-refractivity contribution in [2.24, 2.45) is 17.8 Å². The highest BCUT2D eigenvalue weighted by Gasteiger charge is 2.40. The van der Waals surface area contributed by atoms with E-state index in [9.17, 15) is 18.0 Å². The average molecular weight is 325 g/mol. The molecule has 2 bridgehead atoms. The van der Waals surface area contributed by atoms with E-state index in [0.29, 0.717) is 23.8 Å². The monoisotopic (exact) mass is 325 g/mol. The zero-order chi connectivity index (χ0) is 16.6. The molecule has 0 heterocycles. The number of fused-ring (bicyclic) bond motifs is 2. The molecular weight excluding hydrogens is 303 g/mol. The van der Waals surface area contributed by atoms with Gasteiger partial charge in [-0.05, 0) is 61.6 Å². The Morgan fingerprint density at radius 2 is 1.91 bits per heavy atom. The van der Waals surface area contributed by atoms with Crippen molar-refractivity contribution in [2.45, 2.75) is 51.2 Å². The highest BCUT2D eigenvalue weighted by Crippen LogP contribution is 2.49. The summed E-state index contributed by atoms with van der Waals surface area (Å²) in [5.41, 5.74) is 0.0287. The molecule has 0 saturated heterocycles. The second kappa shape index (κ2) is 6.17. The predicted octanol–water partition coefficient (Wildman–Crippen LogP) is 4.71. The first-order chi connectivity index (χ1) is 10.8. The molecule has 0 aromatic heterocycles. The van der Waals surface area contributed by atoms with Crippen molar-refractivity contribution in [3.63, 3.8) is 0 Å². The minimum absolute atomic E-state index is 0.00921.